The van der Waals surface area contributed by atoms with E-state index in [-0.39, 0.29) is 11.4 Å². The van der Waals surface area contributed by atoms with Crippen molar-refractivity contribution in [2.75, 3.05) is 11.8 Å². The fourth-order valence-corrected chi connectivity index (χ4v) is 3.77. The van der Waals surface area contributed by atoms with Gasteiger partial charge in [-0.15, -0.1) is 0 Å². The monoisotopic (exact) mass is 353 g/mol. The summed E-state index contributed by atoms with van der Waals surface area (Å²) in [6, 6.07) is 4.99. The lowest BCUT2D eigenvalue weighted by Gasteiger charge is -2.15. The highest BCUT2D eigenvalue weighted by molar-refractivity contribution is 7.92. The van der Waals surface area contributed by atoms with Crippen LogP contribution in [0.25, 0.3) is 0 Å². The summed E-state index contributed by atoms with van der Waals surface area (Å²) in [5.41, 5.74) is -0.382. The van der Waals surface area contributed by atoms with Crippen LogP contribution in [-0.4, -0.2) is 24.7 Å². The molecule has 24 heavy (non-hydrogen) atoms. The Balaban J connectivity index is 2.68. The number of ether oxygens (including phenoxy) is 1. The molecule has 2 rings (SSSR count). The Hall–Kier alpha value is -2.55. The predicted molar refractivity (Wildman–Crippen MR) is 90.2 cm³/mol. The van der Waals surface area contributed by atoms with E-state index in [1.54, 1.807) is 25.1 Å². The average Bonchev–Trinajstić information content (AvgIpc) is 2.50. The van der Waals surface area contributed by atoms with E-state index in [1.165, 1.54) is 28.1 Å². The summed E-state index contributed by atoms with van der Waals surface area (Å²) in [6.45, 7) is 3.21. The van der Waals surface area contributed by atoms with E-state index in [2.05, 4.69) is 4.72 Å². The van der Waals surface area contributed by atoms with Gasteiger partial charge in [0.1, 0.15) is 5.75 Å². The van der Waals surface area contributed by atoms with Crippen molar-refractivity contribution in [3.05, 3.63) is 50.3 Å². The summed E-state index contributed by atoms with van der Waals surface area (Å²) in [4.78, 5) is 23.7. The molecule has 1 heterocycles. The molecule has 9 heteroatoms. The van der Waals surface area contributed by atoms with Gasteiger partial charge in [0.05, 0.1) is 12.8 Å². The summed E-state index contributed by atoms with van der Waals surface area (Å²) in [5, 5.41) is 0. The molecule has 0 saturated carbocycles. The molecule has 1 aromatic carbocycles. The topological polar surface area (TPSA) is 99.4 Å². The average molecular weight is 353 g/mol. The molecule has 8 nitrogen and oxygen atoms in total. The molecule has 0 fully saturated rings. The maximum Gasteiger partial charge on any atom is 0.330 e. The van der Waals surface area contributed by atoms with Crippen molar-refractivity contribution in [1.29, 1.82) is 0 Å². The number of nitrogens with one attached hydrogen (secondary N) is 1. The molecule has 0 saturated heterocycles. The molecule has 1 N–H and O–H groups in total. The van der Waals surface area contributed by atoms with Gasteiger partial charge in [0.25, 0.3) is 15.6 Å². The third-order valence-electron chi connectivity index (χ3n) is 3.77. The molecule has 0 bridgehead atoms. The maximum absolute atomic E-state index is 12.7. The van der Waals surface area contributed by atoms with E-state index in [0.29, 0.717) is 5.75 Å². The number of rotatable bonds is 4. The van der Waals surface area contributed by atoms with Crippen LogP contribution in [0.3, 0.4) is 0 Å². The summed E-state index contributed by atoms with van der Waals surface area (Å²) in [7, 11) is -0.155. The number of benzene rings is 1. The number of anilines is 1. The summed E-state index contributed by atoms with van der Waals surface area (Å²) < 4.78 is 34.9. The van der Waals surface area contributed by atoms with Gasteiger partial charge >= 0.3 is 5.69 Å². The Labute approximate surface area is 139 Å². The molecule has 0 aliphatic carbocycles. The van der Waals surface area contributed by atoms with Crippen molar-refractivity contribution < 1.29 is 13.2 Å². The zero-order valence-electron chi connectivity index (χ0n) is 14.1. The second-order valence-corrected chi connectivity index (χ2v) is 7.05. The van der Waals surface area contributed by atoms with Crippen LogP contribution in [0, 0.1) is 13.8 Å². The van der Waals surface area contributed by atoms with Crippen LogP contribution in [0.5, 0.6) is 5.75 Å². The second-order valence-electron chi connectivity index (χ2n) is 5.43. The van der Waals surface area contributed by atoms with Crippen molar-refractivity contribution in [3.8, 4) is 5.75 Å². The lowest BCUT2D eigenvalue weighted by Crippen LogP contribution is -2.42. The molecular weight excluding hydrogens is 334 g/mol. The Kier molecular flexibility index (Phi) is 4.57. The van der Waals surface area contributed by atoms with Gasteiger partial charge < -0.3 is 4.74 Å². The van der Waals surface area contributed by atoms with Crippen molar-refractivity contribution in [1.82, 2.24) is 9.13 Å². The zero-order valence-corrected chi connectivity index (χ0v) is 14.9. The minimum atomic E-state index is -4.21. The Morgan fingerprint density at radius 3 is 2.29 bits per heavy atom. The number of hydrogen-bond acceptors (Lipinski definition) is 5. The van der Waals surface area contributed by atoms with E-state index in [4.69, 9.17) is 4.74 Å². The van der Waals surface area contributed by atoms with E-state index in [0.717, 1.165) is 14.7 Å². The fourth-order valence-electron chi connectivity index (χ4n) is 2.32. The fraction of sp³-hybridized carbons (Fsp3) is 0.333. The van der Waals surface area contributed by atoms with Gasteiger partial charge in [-0.3, -0.25) is 18.7 Å². The van der Waals surface area contributed by atoms with Gasteiger partial charge in [-0.25, -0.2) is 13.2 Å². The zero-order chi connectivity index (χ0) is 18.2. The summed E-state index contributed by atoms with van der Waals surface area (Å²) in [5.74, 6) is 0.323. The molecule has 2 aromatic rings. The molecule has 0 unspecified atom stereocenters. The van der Waals surface area contributed by atoms with Crippen LogP contribution in [0.1, 0.15) is 11.3 Å². The van der Waals surface area contributed by atoms with E-state index in [1.807, 2.05) is 0 Å². The first-order chi connectivity index (χ1) is 11.1. The molecule has 0 atom stereocenters. The predicted octanol–water partition coefficient (Wildman–Crippen LogP) is 0.510. The Bertz CT molecular complexity index is 1020. The second kappa shape index (κ2) is 6.16. The quantitative estimate of drug-likeness (QED) is 0.863. The Morgan fingerprint density at radius 2 is 1.71 bits per heavy atom. The number of methoxy groups -OCH3 is 1. The van der Waals surface area contributed by atoms with Crippen LogP contribution in [0.4, 0.5) is 5.69 Å². The highest BCUT2D eigenvalue weighted by Crippen LogP contribution is 2.27. The SMILES string of the molecule is COc1ccc(C)cc1NS(=O)(=O)c1c(C)n(C)c(=O)n(C)c1=O. The smallest absolute Gasteiger partial charge is 0.330 e. The van der Waals surface area contributed by atoms with Gasteiger partial charge in [0, 0.05) is 19.8 Å². The molecular formula is C15H19N3O5S. The molecule has 0 spiro atoms. The number of aromatic nitrogens is 2. The first-order valence-electron chi connectivity index (χ1n) is 7.04. The van der Waals surface area contributed by atoms with Gasteiger partial charge in [-0.2, -0.15) is 0 Å². The third kappa shape index (κ3) is 2.94. The molecule has 1 aromatic heterocycles. The molecule has 0 amide bonds. The van der Waals surface area contributed by atoms with Crippen LogP contribution in [-0.2, 0) is 24.1 Å². The largest absolute Gasteiger partial charge is 0.495 e. The minimum Gasteiger partial charge on any atom is -0.495 e. The summed E-state index contributed by atoms with van der Waals surface area (Å²) >= 11 is 0. The number of hydrogen-bond donors (Lipinski definition) is 1. The van der Waals surface area contributed by atoms with Crippen LogP contribution < -0.4 is 20.7 Å². The first-order valence-corrected chi connectivity index (χ1v) is 8.52. The number of nitrogens with zero attached hydrogens (tertiary/aromatic N) is 2. The number of sulfonamides is 1. The van der Waals surface area contributed by atoms with E-state index < -0.39 is 26.2 Å². The normalized spacial score (nSPS) is 11.4. The first kappa shape index (κ1) is 17.8. The van der Waals surface area contributed by atoms with Crippen LogP contribution in [0.15, 0.2) is 32.7 Å². The standard InChI is InChI=1S/C15H19N3O5S/c1-9-6-7-12(23-5)11(8-9)16-24(21,22)13-10(2)17(3)15(20)18(4)14(13)19/h6-8,16H,1-5H3. The van der Waals surface area contributed by atoms with E-state index >= 15 is 0 Å². The van der Waals surface area contributed by atoms with E-state index in [9.17, 15) is 18.0 Å². The molecule has 0 aliphatic heterocycles. The van der Waals surface area contributed by atoms with Gasteiger partial charge in [0.15, 0.2) is 4.90 Å². The van der Waals surface area contributed by atoms with Gasteiger partial charge in [-0.05, 0) is 31.5 Å². The summed E-state index contributed by atoms with van der Waals surface area (Å²) in [6.07, 6.45) is 0. The van der Waals surface area contributed by atoms with Crippen LogP contribution in [0.2, 0.25) is 0 Å². The minimum absolute atomic E-state index is 0.0576. The van der Waals surface area contributed by atoms with Crippen molar-refractivity contribution in [2.24, 2.45) is 14.1 Å². The molecule has 130 valence electrons. The maximum atomic E-state index is 12.7. The van der Waals surface area contributed by atoms with Crippen molar-refractivity contribution in [3.63, 3.8) is 0 Å². The lowest BCUT2D eigenvalue weighted by atomic mass is 10.2. The van der Waals surface area contributed by atoms with Crippen LogP contribution >= 0.6 is 0 Å². The third-order valence-corrected chi connectivity index (χ3v) is 5.27. The van der Waals surface area contributed by atoms with Gasteiger partial charge in [0.2, 0.25) is 0 Å². The van der Waals surface area contributed by atoms with Crippen molar-refractivity contribution in [2.45, 2.75) is 18.7 Å². The number of aryl methyl sites for hydroxylation is 1. The van der Waals surface area contributed by atoms with Gasteiger partial charge in [-0.1, -0.05) is 6.07 Å². The lowest BCUT2D eigenvalue weighted by molar-refractivity contribution is 0.417. The van der Waals surface area contributed by atoms with Crippen molar-refractivity contribution >= 4 is 15.7 Å². The highest BCUT2D eigenvalue weighted by Gasteiger charge is 2.26. The Morgan fingerprint density at radius 1 is 1.08 bits per heavy atom. The molecule has 0 aliphatic rings. The highest BCUT2D eigenvalue weighted by atomic mass is 32.2. The molecule has 0 radical (unpaired) electrons.